The van der Waals surface area contributed by atoms with E-state index in [0.29, 0.717) is 12.8 Å². The van der Waals surface area contributed by atoms with Gasteiger partial charge >= 0.3 is 35.3 Å². The fraction of sp³-hybridized carbons (Fsp3) is 0.368. The van der Waals surface area contributed by atoms with Crippen molar-refractivity contribution in [2.24, 2.45) is 0 Å². The number of carboxylic acid groups (broad SMARTS) is 1. The zero-order chi connectivity index (χ0) is 54.0. The highest BCUT2D eigenvalue weighted by atomic mass is 17.0. The van der Waals surface area contributed by atoms with E-state index in [2.05, 4.69) is 29.9 Å². The molecule has 3 N–H and O–H groups in total. The summed E-state index contributed by atoms with van der Waals surface area (Å²) >= 11 is 0. The number of nitro groups is 3. The molecule has 0 radical (unpaired) electrons. The second kappa shape index (κ2) is 29.8. The Bertz CT molecular complexity index is 2440. The Hall–Kier alpha value is -9.72. The van der Waals surface area contributed by atoms with E-state index >= 15 is 0 Å². The van der Waals surface area contributed by atoms with Crippen molar-refractivity contribution in [3.63, 3.8) is 0 Å². The molecule has 0 saturated heterocycles. The lowest BCUT2D eigenvalue weighted by molar-refractivity contribution is -0.778. The number of aromatic carboxylic acids is 1. The van der Waals surface area contributed by atoms with Gasteiger partial charge in [0.05, 0.1) is 37.0 Å². The fourth-order valence-corrected chi connectivity index (χ4v) is 5.31. The van der Waals surface area contributed by atoms with Gasteiger partial charge in [0.25, 0.3) is 39.1 Å². The second-order valence-electron chi connectivity index (χ2n) is 13.2. The van der Waals surface area contributed by atoms with Crippen molar-refractivity contribution in [3.05, 3.63) is 138 Å². The molecule has 3 aromatic rings. The Balaban J connectivity index is 0.000000535. The molecule has 2 amide bonds. The highest BCUT2D eigenvalue weighted by Gasteiger charge is 2.29. The first-order chi connectivity index (χ1) is 33.4. The first-order valence-corrected chi connectivity index (χ1v) is 20.0. The van der Waals surface area contributed by atoms with Gasteiger partial charge in [-0.15, -0.1) is 30.3 Å². The summed E-state index contributed by atoms with van der Waals surface area (Å²) in [6.45, 7) is 4.96. The molecule has 2 unspecified atom stereocenters. The molecule has 384 valence electrons. The van der Waals surface area contributed by atoms with Crippen LogP contribution in [-0.2, 0) is 40.1 Å². The second-order valence-corrected chi connectivity index (χ2v) is 13.2. The van der Waals surface area contributed by atoms with Crippen LogP contribution in [0.5, 0.6) is 11.5 Å². The molecule has 0 heterocycles. The van der Waals surface area contributed by atoms with Crippen LogP contribution in [0.2, 0.25) is 0 Å². The summed E-state index contributed by atoms with van der Waals surface area (Å²) in [5.74, 6) is -6.40. The van der Waals surface area contributed by atoms with Gasteiger partial charge in [-0.2, -0.15) is 0 Å². The zero-order valence-corrected chi connectivity index (χ0v) is 37.4. The van der Waals surface area contributed by atoms with Gasteiger partial charge in [-0.25, -0.2) is 4.79 Å². The number of nitrogens with zero attached hydrogens (tertiary/aromatic N) is 6. The van der Waals surface area contributed by atoms with E-state index in [1.165, 1.54) is 38.1 Å². The normalized spacial score (nSPS) is 10.8. The molecule has 33 heteroatoms. The van der Waals surface area contributed by atoms with Crippen LogP contribution >= 0.6 is 0 Å². The van der Waals surface area contributed by atoms with Crippen LogP contribution in [0, 0.1) is 60.7 Å². The van der Waals surface area contributed by atoms with Crippen LogP contribution < -0.4 is 20.1 Å². The standard InChI is InChI=1S/C15H19N3O8.C12H13N3O8.C11H10N2O9/c1-3-6-10(26-18(23)24)9-16-15(20)11-7-5-8-12(17(21)22)14(11)25-13(19)4-2;1-2-10(16)23-11-8(4-3-5-9(11)14(18)19)12(17)13-6-7-22-15(20)21;1-6(14)21-10(22-13(19)20)5-8-7(11(15)16)3-2-4-9(8)12(17)18/h5,7-8,10H,3-4,6,9H2,1-2H3,(H,16,20);3-5H,2,6-7H2,1H3,(H,13,17);2-4,10H,5H2,1H3,(H,15,16). The van der Waals surface area contributed by atoms with Gasteiger partial charge in [0.15, 0.2) is 0 Å². The lowest BCUT2D eigenvalue weighted by Crippen LogP contribution is -2.35. The maximum absolute atomic E-state index is 12.4. The van der Waals surface area contributed by atoms with Crippen LogP contribution in [0.15, 0.2) is 54.6 Å². The molecule has 0 fully saturated rings. The first kappa shape index (κ1) is 59.3. The molecule has 0 aliphatic rings. The van der Waals surface area contributed by atoms with Crippen LogP contribution in [0.25, 0.3) is 0 Å². The molecular weight excluding hydrogens is 968 g/mol. The van der Waals surface area contributed by atoms with E-state index in [0.717, 1.165) is 37.3 Å². The van der Waals surface area contributed by atoms with Crippen molar-refractivity contribution < 1.29 is 92.6 Å². The minimum Gasteiger partial charge on any atom is -0.478 e. The Morgan fingerprint density at radius 1 is 0.620 bits per heavy atom. The molecule has 71 heavy (non-hydrogen) atoms. The van der Waals surface area contributed by atoms with Crippen molar-refractivity contribution in [1.82, 2.24) is 10.6 Å². The first-order valence-electron chi connectivity index (χ1n) is 20.0. The summed E-state index contributed by atoms with van der Waals surface area (Å²) in [5.41, 5.74) is -2.91. The molecule has 3 rings (SSSR count). The number of amides is 2. The van der Waals surface area contributed by atoms with Gasteiger partial charge in [0, 0.05) is 57.5 Å². The largest absolute Gasteiger partial charge is 0.478 e. The number of rotatable bonds is 25. The van der Waals surface area contributed by atoms with E-state index in [-0.39, 0.29) is 42.6 Å². The van der Waals surface area contributed by atoms with Gasteiger partial charge in [-0.05, 0) is 24.6 Å². The predicted octanol–water partition coefficient (Wildman–Crippen LogP) is 3.80. The molecule has 0 aliphatic heterocycles. The lowest BCUT2D eigenvalue weighted by atomic mass is 10.0. The molecule has 0 bridgehead atoms. The number of carbonyl (C=O) groups is 6. The molecule has 3 aromatic carbocycles. The molecule has 2 atom stereocenters. The van der Waals surface area contributed by atoms with Gasteiger partial charge in [0.2, 0.25) is 11.5 Å². The summed E-state index contributed by atoms with van der Waals surface area (Å²) in [6, 6.07) is 10.5. The van der Waals surface area contributed by atoms with Crippen molar-refractivity contribution in [2.45, 2.75) is 72.2 Å². The zero-order valence-electron chi connectivity index (χ0n) is 37.4. The molecule has 0 aromatic heterocycles. The summed E-state index contributed by atoms with van der Waals surface area (Å²) < 4.78 is 14.3. The molecular formula is C38H42N8O25. The minimum absolute atomic E-state index is 0.0379. The Morgan fingerprint density at radius 2 is 1.07 bits per heavy atom. The average Bonchev–Trinajstić information content (AvgIpc) is 3.29. The number of nitro benzene ring substituents is 3. The number of esters is 3. The molecule has 33 nitrogen and oxygen atoms in total. The van der Waals surface area contributed by atoms with Gasteiger partial charge in [-0.1, -0.05) is 45.4 Å². The third kappa shape index (κ3) is 20.8. The van der Waals surface area contributed by atoms with Crippen molar-refractivity contribution >= 4 is 52.8 Å². The monoisotopic (exact) mass is 1010 g/mol. The Labute approximate surface area is 396 Å². The fourth-order valence-electron chi connectivity index (χ4n) is 5.31. The van der Waals surface area contributed by atoms with Crippen LogP contribution in [-0.4, -0.2) is 103 Å². The predicted molar refractivity (Wildman–Crippen MR) is 230 cm³/mol. The third-order valence-corrected chi connectivity index (χ3v) is 8.25. The highest BCUT2D eigenvalue weighted by molar-refractivity contribution is 6.00. The van der Waals surface area contributed by atoms with E-state index in [1.54, 1.807) is 6.92 Å². The third-order valence-electron chi connectivity index (χ3n) is 8.25. The summed E-state index contributed by atoms with van der Waals surface area (Å²) in [7, 11) is 0. The molecule has 0 spiro atoms. The topological polar surface area (TPSA) is 461 Å². The maximum Gasteiger partial charge on any atom is 0.336 e. The highest BCUT2D eigenvalue weighted by Crippen LogP contribution is 2.33. The number of hydrogen-bond donors (Lipinski definition) is 3. The minimum atomic E-state index is -1.80. The number of ether oxygens (including phenoxy) is 3. The molecule has 0 aliphatic carbocycles. The van der Waals surface area contributed by atoms with Gasteiger partial charge < -0.3 is 39.6 Å². The SMILES string of the molecule is CC(=O)OC(Cc1c(C(=O)O)cccc1[N+](=O)[O-])O[N+](=O)[O-].CCC(=O)Oc1c(C(=O)NCCO[N+](=O)[O-])cccc1[N+](=O)[O-].CCCC(CNC(=O)c1cccc([N+](=O)[O-])c1OC(=O)CC)O[N+](=O)[O-]. The van der Waals surface area contributed by atoms with Crippen molar-refractivity contribution in [3.8, 4) is 11.5 Å². The van der Waals surface area contributed by atoms with E-state index in [9.17, 15) is 89.5 Å². The number of nitrogens with one attached hydrogen (secondary N) is 2. The van der Waals surface area contributed by atoms with E-state index in [4.69, 9.17) is 14.6 Å². The summed E-state index contributed by atoms with van der Waals surface area (Å²) in [6.07, 6.45) is -2.49. The van der Waals surface area contributed by atoms with E-state index < -0.39 is 125 Å². The molecule has 0 saturated carbocycles. The number of para-hydroxylation sites is 2. The Morgan fingerprint density at radius 3 is 1.46 bits per heavy atom. The van der Waals surface area contributed by atoms with Gasteiger partial charge in [-0.3, -0.25) is 59.2 Å². The Kier molecular flexibility index (Phi) is 24.9. The number of benzene rings is 3. The van der Waals surface area contributed by atoms with Crippen LogP contribution in [0.1, 0.15) is 90.0 Å². The summed E-state index contributed by atoms with van der Waals surface area (Å²) in [4.78, 5) is 143. The van der Waals surface area contributed by atoms with E-state index in [1.807, 2.05) is 0 Å². The summed E-state index contributed by atoms with van der Waals surface area (Å²) in [5, 5.41) is 74.4. The number of carbonyl (C=O) groups excluding carboxylic acids is 5. The quantitative estimate of drug-likeness (QED) is 0.0271. The smallest absolute Gasteiger partial charge is 0.336 e. The van der Waals surface area contributed by atoms with Crippen molar-refractivity contribution in [1.29, 1.82) is 0 Å². The maximum atomic E-state index is 12.4. The van der Waals surface area contributed by atoms with Crippen molar-refractivity contribution in [2.75, 3.05) is 19.7 Å². The number of carboxylic acids is 1. The average molecular weight is 1010 g/mol. The lowest BCUT2D eigenvalue weighted by Gasteiger charge is -2.15. The van der Waals surface area contributed by atoms with Crippen LogP contribution in [0.4, 0.5) is 17.1 Å². The van der Waals surface area contributed by atoms with Gasteiger partial charge in [0.1, 0.15) is 12.7 Å². The number of hydrogen-bond acceptors (Lipinski definition) is 24. The van der Waals surface area contributed by atoms with Crippen LogP contribution in [0.3, 0.4) is 0 Å².